The summed E-state index contributed by atoms with van der Waals surface area (Å²) in [7, 11) is 7.74. The van der Waals surface area contributed by atoms with Gasteiger partial charge in [0.2, 0.25) is 5.75 Å². The molecule has 9 nitrogen and oxygen atoms in total. The molecule has 0 fully saturated rings. The molecule has 2 aromatic rings. The zero-order chi connectivity index (χ0) is 28.1. The average Bonchev–Trinajstić information content (AvgIpc) is 2.95. The molecule has 1 N–H and O–H groups in total. The molecule has 1 aliphatic heterocycles. The van der Waals surface area contributed by atoms with Gasteiger partial charge in [-0.25, -0.2) is 4.79 Å². The fourth-order valence-corrected chi connectivity index (χ4v) is 5.32. The van der Waals surface area contributed by atoms with Crippen molar-refractivity contribution in [1.82, 2.24) is 5.32 Å². The molecule has 0 spiro atoms. The number of esters is 1. The number of methoxy groups -OCH3 is 5. The van der Waals surface area contributed by atoms with Crippen molar-refractivity contribution in [3.63, 3.8) is 0 Å². The molecule has 2 aromatic carbocycles. The minimum atomic E-state index is -0.686. The van der Waals surface area contributed by atoms with E-state index in [1.54, 1.807) is 19.2 Å². The van der Waals surface area contributed by atoms with Crippen LogP contribution in [-0.4, -0.2) is 60.5 Å². The lowest BCUT2D eigenvalue weighted by Gasteiger charge is -2.37. The van der Waals surface area contributed by atoms with Gasteiger partial charge in [0, 0.05) is 36.4 Å². The Morgan fingerprint density at radius 2 is 1.54 bits per heavy atom. The summed E-state index contributed by atoms with van der Waals surface area (Å²) in [5, 5.41) is 3.37. The third kappa shape index (κ3) is 5.59. The third-order valence-corrected chi connectivity index (χ3v) is 7.18. The van der Waals surface area contributed by atoms with E-state index < -0.39 is 11.9 Å². The zero-order valence-corrected chi connectivity index (χ0v) is 23.2. The lowest BCUT2D eigenvalue weighted by molar-refractivity contribution is -0.140. The van der Waals surface area contributed by atoms with Crippen LogP contribution in [0.2, 0.25) is 0 Å². The maximum absolute atomic E-state index is 13.9. The summed E-state index contributed by atoms with van der Waals surface area (Å²) in [4.78, 5) is 27.3. The van der Waals surface area contributed by atoms with Crippen LogP contribution in [0.1, 0.15) is 42.7 Å². The first-order valence-electron chi connectivity index (χ1n) is 12.7. The quantitative estimate of drug-likeness (QED) is 0.352. The van der Waals surface area contributed by atoms with Gasteiger partial charge >= 0.3 is 5.97 Å². The van der Waals surface area contributed by atoms with Crippen molar-refractivity contribution in [2.24, 2.45) is 0 Å². The number of carbonyl (C=O) groups excluding carboxylic acids is 2. The number of benzene rings is 2. The second kappa shape index (κ2) is 12.3. The monoisotopic (exact) mass is 537 g/mol. The second-order valence-corrected chi connectivity index (χ2v) is 9.38. The average molecular weight is 538 g/mol. The minimum absolute atomic E-state index is 0.0155. The Labute approximate surface area is 228 Å². The highest BCUT2D eigenvalue weighted by Crippen LogP contribution is 2.49. The van der Waals surface area contributed by atoms with E-state index >= 15 is 0 Å². The first-order valence-corrected chi connectivity index (χ1v) is 12.7. The molecule has 0 bridgehead atoms. The molecular formula is C30H35NO8. The Hall–Kier alpha value is -3.98. The topological polar surface area (TPSA) is 102 Å². The lowest BCUT2D eigenvalue weighted by atomic mass is 9.71. The number of rotatable bonds is 10. The van der Waals surface area contributed by atoms with Crippen LogP contribution in [0.5, 0.6) is 23.0 Å². The normalized spacial score (nSPS) is 18.8. The van der Waals surface area contributed by atoms with Gasteiger partial charge in [0.15, 0.2) is 17.3 Å². The first-order chi connectivity index (χ1) is 18.9. The van der Waals surface area contributed by atoms with E-state index in [0.29, 0.717) is 52.5 Å². The Morgan fingerprint density at radius 1 is 0.872 bits per heavy atom. The van der Waals surface area contributed by atoms with Crippen molar-refractivity contribution in [2.45, 2.75) is 31.6 Å². The molecule has 1 aliphatic carbocycles. The lowest BCUT2D eigenvalue weighted by Crippen LogP contribution is -2.36. The molecule has 2 atom stereocenters. The molecule has 0 saturated heterocycles. The van der Waals surface area contributed by atoms with Crippen molar-refractivity contribution in [3.05, 3.63) is 70.1 Å². The fraction of sp³-hybridized carbons (Fsp3) is 0.400. The smallest absolute Gasteiger partial charge is 0.336 e. The molecule has 0 saturated carbocycles. The highest BCUT2D eigenvalue weighted by Gasteiger charge is 2.42. The van der Waals surface area contributed by atoms with Crippen LogP contribution in [0.15, 0.2) is 58.9 Å². The molecule has 2 aliphatic rings. The minimum Gasteiger partial charge on any atom is -0.497 e. The van der Waals surface area contributed by atoms with E-state index in [1.165, 1.54) is 28.4 Å². The summed E-state index contributed by atoms with van der Waals surface area (Å²) < 4.78 is 32.5. The molecule has 0 amide bonds. The Morgan fingerprint density at radius 3 is 2.10 bits per heavy atom. The van der Waals surface area contributed by atoms with E-state index in [1.807, 2.05) is 31.2 Å². The maximum Gasteiger partial charge on any atom is 0.336 e. The summed E-state index contributed by atoms with van der Waals surface area (Å²) in [6, 6.07) is 11.3. The summed E-state index contributed by atoms with van der Waals surface area (Å²) >= 11 is 0. The molecule has 0 radical (unpaired) electrons. The van der Waals surface area contributed by atoms with Crippen LogP contribution in [0.4, 0.5) is 0 Å². The number of Topliss-reactive ketones (excluding diaryl/α,β-unsaturated/α-hetero) is 1. The Balaban J connectivity index is 1.82. The van der Waals surface area contributed by atoms with Gasteiger partial charge in [-0.15, -0.1) is 0 Å². The van der Waals surface area contributed by atoms with Gasteiger partial charge in [-0.3, -0.25) is 4.79 Å². The van der Waals surface area contributed by atoms with E-state index in [2.05, 4.69) is 5.32 Å². The number of hydrogen-bond acceptors (Lipinski definition) is 9. The van der Waals surface area contributed by atoms with Crippen molar-refractivity contribution in [1.29, 1.82) is 0 Å². The highest BCUT2D eigenvalue weighted by atomic mass is 16.6. The van der Waals surface area contributed by atoms with Gasteiger partial charge in [-0.05, 0) is 54.7 Å². The largest absolute Gasteiger partial charge is 0.497 e. The van der Waals surface area contributed by atoms with Crippen molar-refractivity contribution in [2.75, 3.05) is 48.8 Å². The molecule has 0 unspecified atom stereocenters. The van der Waals surface area contributed by atoms with Crippen LogP contribution in [0, 0.1) is 0 Å². The van der Waals surface area contributed by atoms with E-state index in [-0.39, 0.29) is 24.9 Å². The number of hydrogen-bond donors (Lipinski definition) is 1. The van der Waals surface area contributed by atoms with Gasteiger partial charge in [0.1, 0.15) is 12.4 Å². The Kier molecular flexibility index (Phi) is 8.81. The summed E-state index contributed by atoms with van der Waals surface area (Å²) in [5.41, 5.74) is 4.02. The highest BCUT2D eigenvalue weighted by molar-refractivity contribution is 6.04. The van der Waals surface area contributed by atoms with Gasteiger partial charge in [-0.1, -0.05) is 12.1 Å². The Bertz CT molecular complexity index is 1270. The molecule has 4 rings (SSSR count). The molecule has 0 aromatic heterocycles. The van der Waals surface area contributed by atoms with Gasteiger partial charge in [0.25, 0.3) is 0 Å². The molecule has 39 heavy (non-hydrogen) atoms. The first kappa shape index (κ1) is 28.0. The van der Waals surface area contributed by atoms with E-state index in [0.717, 1.165) is 17.0 Å². The second-order valence-electron chi connectivity index (χ2n) is 9.38. The SMILES string of the molecule is COCCOC(=O)C1=C(C)NC2=C(C(=O)C[C@@H](c3ccc(OC)cc3)C2)[C@@H]1c1cc(OC)c(OC)c(OC)c1. The van der Waals surface area contributed by atoms with Crippen molar-refractivity contribution < 1.29 is 38.0 Å². The van der Waals surface area contributed by atoms with Crippen LogP contribution < -0.4 is 24.3 Å². The van der Waals surface area contributed by atoms with Crippen LogP contribution in [0.25, 0.3) is 0 Å². The summed E-state index contributed by atoms with van der Waals surface area (Å²) in [6.07, 6.45) is 0.913. The number of carbonyl (C=O) groups is 2. The predicted octanol–water partition coefficient (Wildman–Crippen LogP) is 4.27. The summed E-state index contributed by atoms with van der Waals surface area (Å²) in [5.74, 6) is 0.770. The molecular weight excluding hydrogens is 502 g/mol. The van der Waals surface area contributed by atoms with Crippen molar-refractivity contribution in [3.8, 4) is 23.0 Å². The fourth-order valence-electron chi connectivity index (χ4n) is 5.32. The predicted molar refractivity (Wildman–Crippen MR) is 145 cm³/mol. The molecule has 208 valence electrons. The zero-order valence-electron chi connectivity index (χ0n) is 23.2. The number of ether oxygens (including phenoxy) is 6. The van der Waals surface area contributed by atoms with Crippen molar-refractivity contribution >= 4 is 11.8 Å². The van der Waals surface area contributed by atoms with Crippen LogP contribution >= 0.6 is 0 Å². The van der Waals surface area contributed by atoms with Gasteiger partial charge in [-0.2, -0.15) is 0 Å². The van der Waals surface area contributed by atoms with Gasteiger partial charge in [0.05, 0.1) is 40.6 Å². The third-order valence-electron chi connectivity index (χ3n) is 7.18. The summed E-state index contributed by atoms with van der Waals surface area (Å²) in [6.45, 7) is 2.17. The number of allylic oxidation sites excluding steroid dienone is 3. The van der Waals surface area contributed by atoms with Gasteiger partial charge < -0.3 is 33.7 Å². The number of nitrogens with one attached hydrogen (secondary N) is 1. The van der Waals surface area contributed by atoms with Crippen LogP contribution in [0.3, 0.4) is 0 Å². The standard InChI is InChI=1S/C30H35NO8/c1-17-26(30(33)39-12-11-34-2)27(20-15-24(36-4)29(38-6)25(16-20)37-5)28-22(31-17)13-19(14-23(28)32)18-7-9-21(35-3)10-8-18/h7-10,15-16,19,27,31H,11-14H2,1-6H3/t19-,27+/m0/s1. The molecule has 9 heteroatoms. The van der Waals surface area contributed by atoms with Crippen LogP contribution in [-0.2, 0) is 19.1 Å². The van der Waals surface area contributed by atoms with E-state index in [4.69, 9.17) is 28.4 Å². The number of dihydropyridines is 1. The van der Waals surface area contributed by atoms with E-state index in [9.17, 15) is 9.59 Å². The molecule has 1 heterocycles. The number of ketones is 1. The maximum atomic E-state index is 13.9.